The van der Waals surface area contributed by atoms with Gasteiger partial charge in [0.1, 0.15) is 0 Å². The second kappa shape index (κ2) is 7.81. The highest BCUT2D eigenvalue weighted by atomic mass is 15.5. The summed E-state index contributed by atoms with van der Waals surface area (Å²) >= 11 is 0. The molecule has 0 saturated carbocycles. The van der Waals surface area contributed by atoms with Crippen LogP contribution in [0.3, 0.4) is 0 Å². The lowest BCUT2D eigenvalue weighted by molar-refractivity contribution is 0.209. The molecule has 3 heterocycles. The minimum atomic E-state index is 0.438. The smallest absolute Gasteiger partial charge is 0.165 e. The minimum absolute atomic E-state index is 0.438. The Morgan fingerprint density at radius 3 is 3.00 bits per heavy atom. The molecule has 0 bridgehead atoms. The van der Waals surface area contributed by atoms with Crippen LogP contribution in [-0.2, 0) is 13.1 Å². The van der Waals surface area contributed by atoms with Crippen molar-refractivity contribution in [3.63, 3.8) is 0 Å². The van der Waals surface area contributed by atoms with Gasteiger partial charge < -0.3 is 0 Å². The van der Waals surface area contributed by atoms with Gasteiger partial charge in [-0.1, -0.05) is 13.0 Å². The van der Waals surface area contributed by atoms with Gasteiger partial charge in [0, 0.05) is 31.5 Å². The molecule has 0 N–H and O–H groups in total. The summed E-state index contributed by atoms with van der Waals surface area (Å²) in [4.78, 5) is 9.08. The van der Waals surface area contributed by atoms with E-state index < -0.39 is 0 Å². The van der Waals surface area contributed by atoms with Crippen LogP contribution >= 0.6 is 0 Å². The molecule has 1 saturated heterocycles. The molecular weight excluding hydrogens is 302 g/mol. The standard InChI is InChI=1S/C17H27N7/c1-4-9-24-16(19-20-21-24)13-22(2)12-15-7-10-23(3)17(15)14-6-5-8-18-11-14/h5-6,8,11,15,17H,4,7,9-10,12-13H2,1-3H3/t15-,17-/m0/s1. The van der Waals surface area contributed by atoms with E-state index in [2.05, 4.69) is 57.4 Å². The first-order valence-corrected chi connectivity index (χ1v) is 8.72. The van der Waals surface area contributed by atoms with E-state index >= 15 is 0 Å². The highest BCUT2D eigenvalue weighted by Crippen LogP contribution is 2.36. The average Bonchev–Trinajstić information content (AvgIpc) is 3.16. The first kappa shape index (κ1) is 17.0. The van der Waals surface area contributed by atoms with Gasteiger partial charge in [0.15, 0.2) is 5.82 Å². The van der Waals surface area contributed by atoms with Crippen LogP contribution in [-0.4, -0.2) is 62.2 Å². The quantitative estimate of drug-likeness (QED) is 0.769. The fraction of sp³-hybridized carbons (Fsp3) is 0.647. The minimum Gasteiger partial charge on any atom is -0.299 e. The van der Waals surface area contributed by atoms with Crippen molar-refractivity contribution in [2.45, 2.75) is 38.9 Å². The van der Waals surface area contributed by atoms with Gasteiger partial charge in [-0.15, -0.1) is 5.10 Å². The van der Waals surface area contributed by atoms with Crippen molar-refractivity contribution in [1.29, 1.82) is 0 Å². The van der Waals surface area contributed by atoms with Gasteiger partial charge in [-0.05, 0) is 61.5 Å². The van der Waals surface area contributed by atoms with Crippen LogP contribution in [0.25, 0.3) is 0 Å². The fourth-order valence-corrected chi connectivity index (χ4v) is 3.72. The SMILES string of the molecule is CCCn1nnnc1CN(C)C[C@@H]1CCN(C)[C@H]1c1cccnc1. The maximum atomic E-state index is 4.30. The Labute approximate surface area is 143 Å². The molecule has 7 heteroatoms. The maximum absolute atomic E-state index is 4.30. The normalized spacial score (nSPS) is 21.7. The van der Waals surface area contributed by atoms with Gasteiger partial charge in [-0.25, -0.2) is 4.68 Å². The molecule has 24 heavy (non-hydrogen) atoms. The molecule has 0 unspecified atom stereocenters. The summed E-state index contributed by atoms with van der Waals surface area (Å²) in [7, 11) is 4.36. The van der Waals surface area contributed by atoms with Crippen LogP contribution < -0.4 is 0 Å². The molecule has 2 aromatic heterocycles. The Hall–Kier alpha value is -1.86. The molecule has 0 aromatic carbocycles. The highest BCUT2D eigenvalue weighted by Gasteiger charge is 2.33. The van der Waals surface area contributed by atoms with Crippen LogP contribution in [0.2, 0.25) is 0 Å². The van der Waals surface area contributed by atoms with E-state index in [0.29, 0.717) is 12.0 Å². The second-order valence-electron chi connectivity index (χ2n) is 6.78. The van der Waals surface area contributed by atoms with E-state index in [4.69, 9.17) is 0 Å². The van der Waals surface area contributed by atoms with Crippen LogP contribution in [0, 0.1) is 5.92 Å². The Bertz CT molecular complexity index is 627. The lowest BCUT2D eigenvalue weighted by Crippen LogP contribution is -2.30. The van der Waals surface area contributed by atoms with Gasteiger partial charge in [0.05, 0.1) is 6.54 Å². The predicted molar refractivity (Wildman–Crippen MR) is 92.2 cm³/mol. The van der Waals surface area contributed by atoms with Gasteiger partial charge in [0.2, 0.25) is 0 Å². The monoisotopic (exact) mass is 329 g/mol. The molecule has 2 aromatic rings. The Morgan fingerprint density at radius 1 is 1.38 bits per heavy atom. The molecule has 1 aliphatic rings. The average molecular weight is 329 g/mol. The Morgan fingerprint density at radius 2 is 2.25 bits per heavy atom. The van der Waals surface area contributed by atoms with Crippen LogP contribution in [0.4, 0.5) is 0 Å². The molecule has 3 rings (SSSR count). The first-order valence-electron chi connectivity index (χ1n) is 8.72. The molecular formula is C17H27N7. The zero-order valence-electron chi connectivity index (χ0n) is 14.8. The van der Waals surface area contributed by atoms with E-state index in [1.165, 1.54) is 12.0 Å². The third-order valence-electron chi connectivity index (χ3n) is 4.80. The number of tetrazole rings is 1. The van der Waals surface area contributed by atoms with Gasteiger partial charge in [0.25, 0.3) is 0 Å². The van der Waals surface area contributed by atoms with Crippen molar-refractivity contribution in [1.82, 2.24) is 35.0 Å². The zero-order valence-corrected chi connectivity index (χ0v) is 14.8. The number of nitrogens with zero attached hydrogens (tertiary/aromatic N) is 7. The second-order valence-corrected chi connectivity index (χ2v) is 6.78. The maximum Gasteiger partial charge on any atom is 0.165 e. The van der Waals surface area contributed by atoms with E-state index in [0.717, 1.165) is 38.4 Å². The summed E-state index contributed by atoms with van der Waals surface area (Å²) < 4.78 is 1.91. The summed E-state index contributed by atoms with van der Waals surface area (Å²) in [5, 5.41) is 12.1. The third kappa shape index (κ3) is 3.79. The largest absolute Gasteiger partial charge is 0.299 e. The lowest BCUT2D eigenvalue weighted by Gasteiger charge is -2.28. The summed E-state index contributed by atoms with van der Waals surface area (Å²) in [5.41, 5.74) is 1.31. The van der Waals surface area contributed by atoms with E-state index in [9.17, 15) is 0 Å². The van der Waals surface area contributed by atoms with Gasteiger partial charge in [-0.2, -0.15) is 0 Å². The molecule has 1 aliphatic heterocycles. The Kier molecular flexibility index (Phi) is 5.52. The fourth-order valence-electron chi connectivity index (χ4n) is 3.72. The molecule has 1 fully saturated rings. The van der Waals surface area contributed by atoms with Crippen molar-refractivity contribution < 1.29 is 0 Å². The van der Waals surface area contributed by atoms with Crippen LogP contribution in [0.5, 0.6) is 0 Å². The molecule has 2 atom stereocenters. The van der Waals surface area contributed by atoms with Crippen LogP contribution in [0.1, 0.15) is 37.2 Å². The van der Waals surface area contributed by atoms with Crippen molar-refractivity contribution in [2.24, 2.45) is 5.92 Å². The van der Waals surface area contributed by atoms with Gasteiger partial charge >= 0.3 is 0 Å². The zero-order chi connectivity index (χ0) is 16.9. The number of hydrogen-bond donors (Lipinski definition) is 0. The number of rotatable bonds is 7. The topological polar surface area (TPSA) is 63.0 Å². The van der Waals surface area contributed by atoms with E-state index in [1.54, 1.807) is 0 Å². The summed E-state index contributed by atoms with van der Waals surface area (Å²) in [6.45, 7) is 5.96. The number of likely N-dealkylation sites (tertiary alicyclic amines) is 1. The summed E-state index contributed by atoms with van der Waals surface area (Å²) in [5.74, 6) is 1.54. The third-order valence-corrected chi connectivity index (χ3v) is 4.80. The van der Waals surface area contributed by atoms with Crippen molar-refractivity contribution in [2.75, 3.05) is 27.2 Å². The van der Waals surface area contributed by atoms with Crippen LogP contribution in [0.15, 0.2) is 24.5 Å². The number of aryl methyl sites for hydroxylation is 1. The van der Waals surface area contributed by atoms with E-state index in [-0.39, 0.29) is 0 Å². The van der Waals surface area contributed by atoms with Crippen molar-refractivity contribution in [3.05, 3.63) is 35.9 Å². The lowest BCUT2D eigenvalue weighted by atomic mass is 9.94. The number of pyridine rings is 1. The molecule has 130 valence electrons. The summed E-state index contributed by atoms with van der Waals surface area (Å²) in [6.07, 6.45) is 6.09. The van der Waals surface area contributed by atoms with Crippen molar-refractivity contribution >= 4 is 0 Å². The molecule has 0 spiro atoms. The molecule has 0 aliphatic carbocycles. The number of aromatic nitrogens is 5. The van der Waals surface area contributed by atoms with E-state index in [1.807, 2.05) is 23.1 Å². The molecule has 7 nitrogen and oxygen atoms in total. The number of hydrogen-bond acceptors (Lipinski definition) is 6. The highest BCUT2D eigenvalue weighted by molar-refractivity contribution is 5.17. The molecule has 0 radical (unpaired) electrons. The Balaban J connectivity index is 1.65. The first-order chi connectivity index (χ1) is 11.7. The predicted octanol–water partition coefficient (Wildman–Crippen LogP) is 1.60. The summed E-state index contributed by atoms with van der Waals surface area (Å²) in [6, 6.07) is 4.66. The van der Waals surface area contributed by atoms with Gasteiger partial charge in [-0.3, -0.25) is 14.8 Å². The molecule has 0 amide bonds. The van der Waals surface area contributed by atoms with Crippen molar-refractivity contribution in [3.8, 4) is 0 Å².